The highest BCUT2D eigenvalue weighted by atomic mass is 32.2. The predicted molar refractivity (Wildman–Crippen MR) is 103 cm³/mol. The molecule has 0 heterocycles. The van der Waals surface area contributed by atoms with E-state index in [2.05, 4.69) is 10.0 Å². The first kappa shape index (κ1) is 21.4. The second-order valence-corrected chi connectivity index (χ2v) is 8.59. The number of sulfonamides is 2. The van der Waals surface area contributed by atoms with E-state index in [9.17, 15) is 16.8 Å². The number of para-hydroxylation sites is 1. The molecule has 0 saturated carbocycles. The fraction of sp³-hybridized carbons (Fsp3) is 0. The van der Waals surface area contributed by atoms with Crippen LogP contribution in [0.5, 0.6) is 0 Å². The maximum Gasteiger partial charge on any atom is 0.263 e. The number of nitrogens with one attached hydrogen (secondary N) is 2. The number of nitriles is 3. The summed E-state index contributed by atoms with van der Waals surface area (Å²) in [5.41, 5.74) is -0.889. The van der Waals surface area contributed by atoms with Crippen LogP contribution >= 0.6 is 0 Å². The van der Waals surface area contributed by atoms with E-state index < -0.39 is 31.3 Å². The van der Waals surface area contributed by atoms with E-state index in [1.54, 1.807) is 18.2 Å². The van der Waals surface area contributed by atoms with Gasteiger partial charge in [0.2, 0.25) is 10.0 Å². The molecule has 4 N–H and O–H groups in total. The van der Waals surface area contributed by atoms with Gasteiger partial charge in [-0.05, 0) is 36.4 Å². The molecule has 2 aromatic rings. The van der Waals surface area contributed by atoms with Gasteiger partial charge in [0.25, 0.3) is 10.0 Å². The van der Waals surface area contributed by atoms with Crippen LogP contribution in [-0.2, 0) is 20.0 Å². The lowest BCUT2D eigenvalue weighted by Crippen LogP contribution is -2.16. The van der Waals surface area contributed by atoms with E-state index in [1.165, 1.54) is 36.4 Å². The van der Waals surface area contributed by atoms with Crippen molar-refractivity contribution in [3.63, 3.8) is 0 Å². The zero-order valence-electron chi connectivity index (χ0n) is 14.5. The Balaban J connectivity index is 2.43. The highest BCUT2D eigenvalue weighted by Gasteiger charge is 2.20. The molecule has 0 fully saturated rings. The molecule has 0 aliphatic rings. The number of anilines is 2. The normalized spacial score (nSPS) is 10.7. The number of nitrogens with two attached hydrogens (primary N) is 1. The summed E-state index contributed by atoms with van der Waals surface area (Å²) in [5, 5.41) is 34.4. The number of allylic oxidation sites excluding steroid dienone is 2. The molecule has 0 atom stereocenters. The fourth-order valence-corrected chi connectivity index (χ4v) is 3.88. The summed E-state index contributed by atoms with van der Waals surface area (Å²) in [6.07, 6.45) is 0. The Hall–Kier alpha value is -3.89. The van der Waals surface area contributed by atoms with Gasteiger partial charge in [-0.2, -0.15) is 15.8 Å². The number of primary sulfonamides is 1. The quantitative estimate of drug-likeness (QED) is 0.574. The van der Waals surface area contributed by atoms with Gasteiger partial charge in [0.15, 0.2) is 5.57 Å². The zero-order valence-corrected chi connectivity index (χ0v) is 16.1. The summed E-state index contributed by atoms with van der Waals surface area (Å²) >= 11 is 0. The minimum absolute atomic E-state index is 0.0410. The van der Waals surface area contributed by atoms with Crippen LogP contribution in [0, 0.1) is 34.0 Å². The molecule has 12 heteroatoms. The summed E-state index contributed by atoms with van der Waals surface area (Å²) in [7, 11) is -8.10. The largest absolute Gasteiger partial charge is 0.344 e. The molecular formula is C17H12N6O4S2. The zero-order chi connectivity index (χ0) is 21.7. The molecule has 2 rings (SSSR count). The molecular weight excluding hydrogens is 416 g/mol. The first-order valence-corrected chi connectivity index (χ1v) is 10.6. The lowest BCUT2D eigenvalue weighted by Gasteiger charge is -2.13. The molecule has 0 aliphatic heterocycles. The summed E-state index contributed by atoms with van der Waals surface area (Å²) < 4.78 is 50.4. The van der Waals surface area contributed by atoms with Crippen LogP contribution in [0.2, 0.25) is 0 Å². The third-order valence-corrected chi connectivity index (χ3v) is 5.83. The Bertz CT molecular complexity index is 1290. The van der Waals surface area contributed by atoms with Crippen molar-refractivity contribution in [2.45, 2.75) is 9.79 Å². The number of rotatable bonds is 6. The van der Waals surface area contributed by atoms with Gasteiger partial charge in [-0.1, -0.05) is 12.1 Å². The third-order valence-electron chi connectivity index (χ3n) is 3.46. The first-order valence-electron chi connectivity index (χ1n) is 7.58. The molecule has 0 saturated heterocycles. The molecule has 0 unspecified atom stereocenters. The van der Waals surface area contributed by atoms with Gasteiger partial charge in [-0.3, -0.25) is 4.72 Å². The number of nitrogens with zero attached hydrogens (tertiary/aromatic N) is 3. The van der Waals surface area contributed by atoms with Gasteiger partial charge in [-0.15, -0.1) is 0 Å². The van der Waals surface area contributed by atoms with Crippen molar-refractivity contribution in [3.05, 3.63) is 59.8 Å². The van der Waals surface area contributed by atoms with E-state index in [4.69, 9.17) is 20.9 Å². The van der Waals surface area contributed by atoms with Gasteiger partial charge in [-0.25, -0.2) is 22.0 Å². The van der Waals surface area contributed by atoms with E-state index in [0.717, 1.165) is 12.1 Å². The summed E-state index contributed by atoms with van der Waals surface area (Å²) in [6.45, 7) is 0. The molecule has 0 aromatic heterocycles. The van der Waals surface area contributed by atoms with Crippen molar-refractivity contribution in [1.29, 1.82) is 15.8 Å². The van der Waals surface area contributed by atoms with Crippen LogP contribution < -0.4 is 15.2 Å². The molecule has 0 spiro atoms. The van der Waals surface area contributed by atoms with Crippen LogP contribution in [0.25, 0.3) is 0 Å². The minimum Gasteiger partial charge on any atom is -0.344 e. The van der Waals surface area contributed by atoms with Crippen LogP contribution in [0.15, 0.2) is 69.6 Å². The fourth-order valence-electron chi connectivity index (χ4n) is 2.14. The molecule has 0 radical (unpaired) electrons. The van der Waals surface area contributed by atoms with E-state index in [-0.39, 0.29) is 21.2 Å². The van der Waals surface area contributed by atoms with Crippen LogP contribution in [0.3, 0.4) is 0 Å². The first-order chi connectivity index (χ1) is 13.6. The predicted octanol–water partition coefficient (Wildman–Crippen LogP) is 1.37. The minimum atomic E-state index is -4.18. The average molecular weight is 428 g/mol. The topological polar surface area (TPSA) is 190 Å². The molecule has 0 amide bonds. The third kappa shape index (κ3) is 5.09. The smallest absolute Gasteiger partial charge is 0.263 e. The van der Waals surface area contributed by atoms with Crippen LogP contribution in [0.1, 0.15) is 0 Å². The van der Waals surface area contributed by atoms with Crippen molar-refractivity contribution in [3.8, 4) is 18.2 Å². The number of hydrogen-bond donors (Lipinski definition) is 3. The van der Waals surface area contributed by atoms with Crippen LogP contribution in [0.4, 0.5) is 11.4 Å². The number of benzene rings is 2. The SMILES string of the molecule is N#CC(C#N)=C(C#N)Nc1ccccc1S(=O)(=O)Nc1ccc(S(N)(=O)=O)cc1. The van der Waals surface area contributed by atoms with E-state index in [0.29, 0.717) is 0 Å². The molecule has 2 aromatic carbocycles. The molecule has 29 heavy (non-hydrogen) atoms. The van der Waals surface area contributed by atoms with Crippen molar-refractivity contribution in [2.24, 2.45) is 5.14 Å². The molecule has 146 valence electrons. The number of hydrogen-bond acceptors (Lipinski definition) is 8. The maximum atomic E-state index is 12.8. The summed E-state index contributed by atoms with van der Waals surface area (Å²) in [4.78, 5) is -0.453. The van der Waals surface area contributed by atoms with Gasteiger partial charge in [0.05, 0.1) is 10.6 Å². The molecule has 0 bridgehead atoms. The maximum absolute atomic E-state index is 12.8. The standard InChI is InChI=1S/C17H12N6O4S2/c18-9-12(10-19)16(11-20)22-15-3-1-2-4-17(15)29(26,27)23-13-5-7-14(8-6-13)28(21,24)25/h1-8,22-23H,(H2,21,24,25). The van der Waals surface area contributed by atoms with Crippen molar-refractivity contribution in [2.75, 3.05) is 10.0 Å². The Labute approximate surface area is 167 Å². The van der Waals surface area contributed by atoms with Crippen LogP contribution in [-0.4, -0.2) is 16.8 Å². The van der Waals surface area contributed by atoms with E-state index >= 15 is 0 Å². The Morgan fingerprint density at radius 2 is 1.45 bits per heavy atom. The molecule has 10 nitrogen and oxygen atoms in total. The van der Waals surface area contributed by atoms with Crippen molar-refractivity contribution < 1.29 is 16.8 Å². The highest BCUT2D eigenvalue weighted by Crippen LogP contribution is 2.25. The highest BCUT2D eigenvalue weighted by molar-refractivity contribution is 7.93. The Morgan fingerprint density at radius 1 is 0.862 bits per heavy atom. The van der Waals surface area contributed by atoms with Gasteiger partial charge in [0.1, 0.15) is 28.8 Å². The van der Waals surface area contributed by atoms with Gasteiger partial charge < -0.3 is 5.32 Å². The molecule has 0 aliphatic carbocycles. The lowest BCUT2D eigenvalue weighted by molar-refractivity contribution is 0.597. The lowest BCUT2D eigenvalue weighted by atomic mass is 10.2. The van der Waals surface area contributed by atoms with Crippen molar-refractivity contribution in [1.82, 2.24) is 0 Å². The van der Waals surface area contributed by atoms with Crippen molar-refractivity contribution >= 4 is 31.4 Å². The average Bonchev–Trinajstić information content (AvgIpc) is 2.67. The second-order valence-electron chi connectivity index (χ2n) is 5.38. The monoisotopic (exact) mass is 428 g/mol. The summed E-state index contributed by atoms with van der Waals surface area (Å²) in [6, 6.07) is 15.0. The second kappa shape index (κ2) is 8.42. The summed E-state index contributed by atoms with van der Waals surface area (Å²) in [5.74, 6) is 0. The van der Waals surface area contributed by atoms with E-state index in [1.807, 2.05) is 0 Å². The van der Waals surface area contributed by atoms with Gasteiger partial charge in [0, 0.05) is 5.69 Å². The Kier molecular flexibility index (Phi) is 6.22. The van der Waals surface area contributed by atoms with Gasteiger partial charge >= 0.3 is 0 Å². The Morgan fingerprint density at radius 3 is 1.97 bits per heavy atom.